The van der Waals surface area contributed by atoms with Gasteiger partial charge < -0.3 is 22.1 Å². The summed E-state index contributed by atoms with van der Waals surface area (Å²) >= 11 is 0. The first-order valence-electron chi connectivity index (χ1n) is 5.89. The molecular formula is C14H16ClNO. The summed E-state index contributed by atoms with van der Waals surface area (Å²) in [6.45, 7) is 0.970. The van der Waals surface area contributed by atoms with Gasteiger partial charge >= 0.3 is 0 Å². The molecule has 1 aliphatic carbocycles. The fourth-order valence-electron chi connectivity index (χ4n) is 1.86. The van der Waals surface area contributed by atoms with E-state index in [4.69, 9.17) is 4.42 Å². The van der Waals surface area contributed by atoms with Crippen molar-refractivity contribution in [2.45, 2.75) is 25.4 Å². The van der Waals surface area contributed by atoms with Gasteiger partial charge in [0.1, 0.15) is 12.3 Å². The van der Waals surface area contributed by atoms with E-state index >= 15 is 0 Å². The first kappa shape index (κ1) is 12.2. The van der Waals surface area contributed by atoms with Crippen LogP contribution in [0.1, 0.15) is 18.6 Å². The van der Waals surface area contributed by atoms with Gasteiger partial charge in [0.15, 0.2) is 5.76 Å². The third-order valence-electron chi connectivity index (χ3n) is 2.99. The first-order valence-corrected chi connectivity index (χ1v) is 5.89. The monoisotopic (exact) mass is 249 g/mol. The predicted octanol–water partition coefficient (Wildman–Crippen LogP) is -0.824. The maximum absolute atomic E-state index is 5.82. The molecule has 0 spiro atoms. The predicted molar refractivity (Wildman–Crippen MR) is 62.8 cm³/mol. The zero-order valence-electron chi connectivity index (χ0n) is 9.60. The molecule has 3 rings (SSSR count). The summed E-state index contributed by atoms with van der Waals surface area (Å²) < 4.78 is 5.82. The Morgan fingerprint density at radius 3 is 2.53 bits per heavy atom. The van der Waals surface area contributed by atoms with E-state index in [1.165, 1.54) is 12.8 Å². The summed E-state index contributed by atoms with van der Waals surface area (Å²) in [4.78, 5) is 0. The molecule has 0 amide bonds. The highest BCUT2D eigenvalue weighted by Crippen LogP contribution is 2.21. The Morgan fingerprint density at radius 2 is 1.82 bits per heavy atom. The van der Waals surface area contributed by atoms with E-state index in [1.807, 2.05) is 18.2 Å². The molecule has 1 aromatic heterocycles. The molecule has 17 heavy (non-hydrogen) atoms. The van der Waals surface area contributed by atoms with Crippen LogP contribution in [-0.2, 0) is 6.54 Å². The molecule has 1 aliphatic rings. The second-order valence-corrected chi connectivity index (χ2v) is 4.41. The number of benzene rings is 1. The van der Waals surface area contributed by atoms with E-state index in [2.05, 4.69) is 29.6 Å². The number of halogens is 1. The molecule has 2 N–H and O–H groups in total. The number of rotatable bonds is 4. The van der Waals surface area contributed by atoms with Crippen molar-refractivity contribution in [2.75, 3.05) is 0 Å². The standard InChI is InChI=1S/C14H15NO.ClH/c1-2-4-11(5-3-1)14-9-8-13(16-14)10-15-12-6-7-12;/h1-5,8-9,12,15H,6-7,10H2;1H. The van der Waals surface area contributed by atoms with E-state index in [-0.39, 0.29) is 12.4 Å². The molecule has 1 fully saturated rings. The summed E-state index contributed by atoms with van der Waals surface area (Å²) in [5, 5.41) is 2.37. The number of hydrogen-bond acceptors (Lipinski definition) is 1. The Kier molecular flexibility index (Phi) is 3.87. The van der Waals surface area contributed by atoms with Gasteiger partial charge in [0.25, 0.3) is 0 Å². The maximum Gasteiger partial charge on any atom is 0.158 e. The number of quaternary nitrogens is 1. The Labute approximate surface area is 107 Å². The van der Waals surface area contributed by atoms with Crippen molar-refractivity contribution in [3.05, 3.63) is 48.2 Å². The summed E-state index contributed by atoms with van der Waals surface area (Å²) in [7, 11) is 0. The average molecular weight is 250 g/mol. The van der Waals surface area contributed by atoms with Crippen molar-refractivity contribution in [1.82, 2.24) is 0 Å². The Hall–Kier alpha value is -1.25. The topological polar surface area (TPSA) is 29.8 Å². The minimum atomic E-state index is 0. The summed E-state index contributed by atoms with van der Waals surface area (Å²) in [6.07, 6.45) is 2.73. The van der Waals surface area contributed by atoms with Crippen molar-refractivity contribution >= 4 is 0 Å². The molecule has 0 aliphatic heterocycles. The van der Waals surface area contributed by atoms with Gasteiger partial charge in [-0.25, -0.2) is 0 Å². The second-order valence-electron chi connectivity index (χ2n) is 4.41. The van der Waals surface area contributed by atoms with Crippen LogP contribution in [0.15, 0.2) is 46.9 Å². The molecule has 3 heteroatoms. The average Bonchev–Trinajstić information content (AvgIpc) is 3.05. The van der Waals surface area contributed by atoms with Gasteiger partial charge in [0.2, 0.25) is 0 Å². The molecule has 1 heterocycles. The number of furan rings is 1. The fourth-order valence-corrected chi connectivity index (χ4v) is 1.86. The van der Waals surface area contributed by atoms with E-state index < -0.39 is 0 Å². The van der Waals surface area contributed by atoms with Crippen LogP contribution in [0.4, 0.5) is 0 Å². The van der Waals surface area contributed by atoms with E-state index in [0.29, 0.717) is 0 Å². The van der Waals surface area contributed by atoms with Crippen LogP contribution in [0.25, 0.3) is 11.3 Å². The Morgan fingerprint density at radius 1 is 1.06 bits per heavy atom. The van der Waals surface area contributed by atoms with Crippen LogP contribution in [0.5, 0.6) is 0 Å². The SMILES string of the molecule is [Cl-].c1ccc(-c2ccc(C[NH2+]C3CC3)o2)cc1. The quantitative estimate of drug-likeness (QED) is 0.754. The molecule has 0 saturated heterocycles. The van der Waals surface area contributed by atoms with Crippen molar-refractivity contribution in [3.63, 3.8) is 0 Å². The molecule has 2 aromatic rings. The maximum atomic E-state index is 5.82. The smallest absolute Gasteiger partial charge is 0.158 e. The van der Waals surface area contributed by atoms with Gasteiger partial charge in [-0.3, -0.25) is 0 Å². The zero-order valence-corrected chi connectivity index (χ0v) is 10.4. The molecule has 1 saturated carbocycles. The van der Waals surface area contributed by atoms with Crippen LogP contribution >= 0.6 is 0 Å². The Bertz CT molecular complexity index is 462. The molecule has 1 aromatic carbocycles. The molecule has 0 bridgehead atoms. The molecular weight excluding hydrogens is 234 g/mol. The van der Waals surface area contributed by atoms with Crippen LogP contribution in [-0.4, -0.2) is 6.04 Å². The first-order chi connectivity index (χ1) is 7.92. The van der Waals surface area contributed by atoms with E-state index in [1.54, 1.807) is 0 Å². The van der Waals surface area contributed by atoms with Crippen molar-refractivity contribution in [2.24, 2.45) is 0 Å². The van der Waals surface area contributed by atoms with Crippen molar-refractivity contribution < 1.29 is 22.1 Å². The minimum absolute atomic E-state index is 0. The molecule has 2 nitrogen and oxygen atoms in total. The van der Waals surface area contributed by atoms with E-state index in [9.17, 15) is 0 Å². The summed E-state index contributed by atoms with van der Waals surface area (Å²) in [5.41, 5.74) is 1.15. The highest BCUT2D eigenvalue weighted by Gasteiger charge is 2.25. The lowest BCUT2D eigenvalue weighted by Gasteiger charge is -1.97. The lowest BCUT2D eigenvalue weighted by atomic mass is 10.2. The van der Waals surface area contributed by atoms with Crippen molar-refractivity contribution in [3.8, 4) is 11.3 Å². The molecule has 90 valence electrons. The van der Waals surface area contributed by atoms with Crippen molar-refractivity contribution in [1.29, 1.82) is 0 Å². The molecule has 0 atom stereocenters. The fraction of sp³-hybridized carbons (Fsp3) is 0.286. The highest BCUT2D eigenvalue weighted by atomic mass is 35.5. The third-order valence-corrected chi connectivity index (χ3v) is 2.99. The zero-order chi connectivity index (χ0) is 10.8. The van der Waals surface area contributed by atoms with Crippen LogP contribution in [0.2, 0.25) is 0 Å². The summed E-state index contributed by atoms with van der Waals surface area (Å²) in [6, 6.07) is 15.2. The highest BCUT2D eigenvalue weighted by molar-refractivity contribution is 5.57. The van der Waals surface area contributed by atoms with Crippen LogP contribution in [0.3, 0.4) is 0 Å². The van der Waals surface area contributed by atoms with Gasteiger partial charge in [-0.1, -0.05) is 30.3 Å². The van der Waals surface area contributed by atoms with E-state index in [0.717, 1.165) is 29.7 Å². The van der Waals surface area contributed by atoms with Gasteiger partial charge in [-0.05, 0) is 12.1 Å². The number of hydrogen-bond donors (Lipinski definition) is 1. The lowest BCUT2D eigenvalue weighted by Crippen LogP contribution is -3.00. The van der Waals surface area contributed by atoms with Crippen LogP contribution < -0.4 is 17.7 Å². The lowest BCUT2D eigenvalue weighted by molar-refractivity contribution is -0.685. The van der Waals surface area contributed by atoms with Gasteiger partial charge in [-0.2, -0.15) is 0 Å². The third kappa shape index (κ3) is 3.11. The van der Waals surface area contributed by atoms with Gasteiger partial charge in [-0.15, -0.1) is 0 Å². The van der Waals surface area contributed by atoms with Gasteiger partial charge in [0.05, 0.1) is 6.04 Å². The molecule has 0 radical (unpaired) electrons. The largest absolute Gasteiger partial charge is 1.00 e. The van der Waals surface area contributed by atoms with Gasteiger partial charge in [0, 0.05) is 18.4 Å². The summed E-state index contributed by atoms with van der Waals surface area (Å²) in [5.74, 6) is 2.05. The number of nitrogens with two attached hydrogens (primary N) is 1. The molecule has 0 unspecified atom stereocenters. The minimum Gasteiger partial charge on any atom is -1.00 e. The van der Waals surface area contributed by atoms with Crippen LogP contribution in [0, 0.1) is 0 Å². The Balaban J connectivity index is 0.00000108. The normalized spacial score (nSPS) is 14.4. The second kappa shape index (κ2) is 5.39.